The number of piperidine rings is 1. The lowest BCUT2D eigenvalue weighted by Crippen LogP contribution is -2.34. The Hall–Kier alpha value is -2.89. The molecule has 1 aromatic heterocycles. The first-order valence-corrected chi connectivity index (χ1v) is 8.34. The SMILES string of the molecule is COc1ncccc1C(=O)Nc1cccc(CN2CCCCC2=O)c1. The fourth-order valence-corrected chi connectivity index (χ4v) is 2.92. The molecule has 0 spiro atoms. The predicted octanol–water partition coefficient (Wildman–Crippen LogP) is 2.86. The summed E-state index contributed by atoms with van der Waals surface area (Å²) in [5, 5.41) is 2.86. The van der Waals surface area contributed by atoms with Crippen LogP contribution in [0.25, 0.3) is 0 Å². The van der Waals surface area contributed by atoms with Crippen LogP contribution in [0.1, 0.15) is 35.2 Å². The van der Waals surface area contributed by atoms with E-state index in [-0.39, 0.29) is 17.7 Å². The van der Waals surface area contributed by atoms with E-state index >= 15 is 0 Å². The van der Waals surface area contributed by atoms with Crippen molar-refractivity contribution in [1.82, 2.24) is 9.88 Å². The number of nitrogens with zero attached hydrogens (tertiary/aromatic N) is 2. The Morgan fingerprint density at radius 1 is 1.28 bits per heavy atom. The van der Waals surface area contributed by atoms with E-state index in [4.69, 9.17) is 4.74 Å². The highest BCUT2D eigenvalue weighted by Crippen LogP contribution is 2.19. The third-order valence-electron chi connectivity index (χ3n) is 4.19. The van der Waals surface area contributed by atoms with Crippen LogP contribution < -0.4 is 10.1 Å². The van der Waals surface area contributed by atoms with Crippen molar-refractivity contribution in [3.63, 3.8) is 0 Å². The van der Waals surface area contributed by atoms with Crippen molar-refractivity contribution < 1.29 is 14.3 Å². The maximum atomic E-state index is 12.5. The maximum Gasteiger partial charge on any atom is 0.261 e. The maximum absolute atomic E-state index is 12.5. The van der Waals surface area contributed by atoms with Crippen LogP contribution in [0, 0.1) is 0 Å². The van der Waals surface area contributed by atoms with Crippen molar-refractivity contribution in [2.75, 3.05) is 19.0 Å². The molecule has 1 fully saturated rings. The van der Waals surface area contributed by atoms with Gasteiger partial charge in [-0.2, -0.15) is 0 Å². The minimum absolute atomic E-state index is 0.195. The molecule has 1 aliphatic heterocycles. The summed E-state index contributed by atoms with van der Waals surface area (Å²) in [7, 11) is 1.48. The van der Waals surface area contributed by atoms with Crippen LogP contribution in [-0.4, -0.2) is 35.4 Å². The van der Waals surface area contributed by atoms with E-state index in [1.54, 1.807) is 18.3 Å². The van der Waals surface area contributed by atoms with Crippen LogP contribution >= 0.6 is 0 Å². The topological polar surface area (TPSA) is 71.5 Å². The molecule has 0 unspecified atom stereocenters. The number of benzene rings is 1. The summed E-state index contributed by atoms with van der Waals surface area (Å²) >= 11 is 0. The number of aromatic nitrogens is 1. The Kier molecular flexibility index (Phi) is 5.28. The third kappa shape index (κ3) is 4.15. The summed E-state index contributed by atoms with van der Waals surface area (Å²) in [4.78, 5) is 30.3. The van der Waals surface area contributed by atoms with Crippen LogP contribution in [0.15, 0.2) is 42.6 Å². The number of nitrogens with one attached hydrogen (secondary N) is 1. The Bertz CT molecular complexity index is 776. The van der Waals surface area contributed by atoms with Gasteiger partial charge in [0, 0.05) is 31.4 Å². The zero-order valence-electron chi connectivity index (χ0n) is 14.2. The van der Waals surface area contributed by atoms with E-state index in [0.717, 1.165) is 24.9 Å². The van der Waals surface area contributed by atoms with E-state index in [1.165, 1.54) is 7.11 Å². The molecule has 0 bridgehead atoms. The number of carbonyl (C=O) groups excluding carboxylic acids is 2. The molecule has 1 N–H and O–H groups in total. The standard InChI is InChI=1S/C19H21N3O3/c1-25-19-16(8-5-10-20-19)18(24)21-15-7-4-6-14(12-15)13-22-11-3-2-9-17(22)23/h4-8,10,12H,2-3,9,11,13H2,1H3,(H,21,24). The molecule has 0 saturated carbocycles. The summed E-state index contributed by atoms with van der Waals surface area (Å²) in [6.07, 6.45) is 4.21. The second kappa shape index (κ2) is 7.79. The number of amides is 2. The van der Waals surface area contributed by atoms with Gasteiger partial charge in [-0.05, 0) is 42.7 Å². The minimum atomic E-state index is -0.281. The molecule has 1 aliphatic rings. The van der Waals surface area contributed by atoms with Crippen LogP contribution in [0.2, 0.25) is 0 Å². The summed E-state index contributed by atoms with van der Waals surface area (Å²) in [6, 6.07) is 10.9. The Balaban J connectivity index is 1.71. The summed E-state index contributed by atoms with van der Waals surface area (Å²) < 4.78 is 5.12. The predicted molar refractivity (Wildman–Crippen MR) is 94.5 cm³/mol. The molecule has 6 heteroatoms. The van der Waals surface area contributed by atoms with Crippen molar-refractivity contribution in [3.05, 3.63) is 53.7 Å². The average molecular weight is 339 g/mol. The normalized spacial score (nSPS) is 14.3. The lowest BCUT2D eigenvalue weighted by molar-refractivity contribution is -0.133. The van der Waals surface area contributed by atoms with Gasteiger partial charge in [0.15, 0.2) is 0 Å². The van der Waals surface area contributed by atoms with E-state index in [2.05, 4.69) is 10.3 Å². The van der Waals surface area contributed by atoms with Crippen molar-refractivity contribution in [2.24, 2.45) is 0 Å². The molecule has 0 atom stereocenters. The van der Waals surface area contributed by atoms with Crippen LogP contribution in [0.5, 0.6) is 5.88 Å². The largest absolute Gasteiger partial charge is 0.480 e. The first kappa shape index (κ1) is 17.0. The van der Waals surface area contributed by atoms with E-state index < -0.39 is 0 Å². The molecule has 2 heterocycles. The van der Waals surface area contributed by atoms with Gasteiger partial charge in [0.1, 0.15) is 5.56 Å². The van der Waals surface area contributed by atoms with Gasteiger partial charge in [0.25, 0.3) is 5.91 Å². The molecule has 0 radical (unpaired) electrons. The van der Waals surface area contributed by atoms with Crippen LogP contribution in [0.3, 0.4) is 0 Å². The summed E-state index contributed by atoms with van der Waals surface area (Å²) in [5.41, 5.74) is 2.05. The van der Waals surface area contributed by atoms with Crippen molar-refractivity contribution in [1.29, 1.82) is 0 Å². The highest BCUT2D eigenvalue weighted by atomic mass is 16.5. The molecule has 2 aromatic rings. The highest BCUT2D eigenvalue weighted by molar-refractivity contribution is 6.05. The quantitative estimate of drug-likeness (QED) is 0.909. The lowest BCUT2D eigenvalue weighted by Gasteiger charge is -2.26. The fourth-order valence-electron chi connectivity index (χ4n) is 2.92. The summed E-state index contributed by atoms with van der Waals surface area (Å²) in [5.74, 6) is 0.201. The van der Waals surface area contributed by atoms with Gasteiger partial charge < -0.3 is 15.0 Å². The van der Waals surface area contributed by atoms with E-state index in [1.807, 2.05) is 29.2 Å². The van der Waals surface area contributed by atoms with Gasteiger partial charge in [-0.15, -0.1) is 0 Å². The second-order valence-corrected chi connectivity index (χ2v) is 5.99. The lowest BCUT2D eigenvalue weighted by atomic mass is 10.1. The number of likely N-dealkylation sites (tertiary alicyclic amines) is 1. The third-order valence-corrected chi connectivity index (χ3v) is 4.19. The van der Waals surface area contributed by atoms with Gasteiger partial charge in [0.2, 0.25) is 11.8 Å². The first-order chi connectivity index (χ1) is 12.2. The van der Waals surface area contributed by atoms with Gasteiger partial charge in [-0.25, -0.2) is 4.98 Å². The number of ether oxygens (including phenoxy) is 1. The number of rotatable bonds is 5. The molecular formula is C19H21N3O3. The molecule has 2 amide bonds. The molecule has 3 rings (SSSR count). The zero-order chi connectivity index (χ0) is 17.6. The second-order valence-electron chi connectivity index (χ2n) is 5.99. The van der Waals surface area contributed by atoms with E-state index in [9.17, 15) is 9.59 Å². The Morgan fingerprint density at radius 2 is 2.16 bits per heavy atom. The fraction of sp³-hybridized carbons (Fsp3) is 0.316. The number of methoxy groups -OCH3 is 1. The molecule has 25 heavy (non-hydrogen) atoms. The number of hydrogen-bond donors (Lipinski definition) is 1. The van der Waals surface area contributed by atoms with Crippen molar-refractivity contribution >= 4 is 17.5 Å². The first-order valence-electron chi connectivity index (χ1n) is 8.34. The minimum Gasteiger partial charge on any atom is -0.480 e. The average Bonchev–Trinajstić information content (AvgIpc) is 2.64. The molecule has 6 nitrogen and oxygen atoms in total. The van der Waals surface area contributed by atoms with Crippen molar-refractivity contribution in [3.8, 4) is 5.88 Å². The number of carbonyl (C=O) groups is 2. The molecule has 1 aromatic carbocycles. The van der Waals surface area contributed by atoms with Gasteiger partial charge in [0.05, 0.1) is 7.11 Å². The molecule has 130 valence electrons. The summed E-state index contributed by atoms with van der Waals surface area (Å²) in [6.45, 7) is 1.36. The molecule has 1 saturated heterocycles. The monoisotopic (exact) mass is 339 g/mol. The smallest absolute Gasteiger partial charge is 0.261 e. The van der Waals surface area contributed by atoms with E-state index in [0.29, 0.717) is 24.2 Å². The zero-order valence-corrected chi connectivity index (χ0v) is 14.2. The van der Waals surface area contributed by atoms with Gasteiger partial charge >= 0.3 is 0 Å². The van der Waals surface area contributed by atoms with Gasteiger partial charge in [-0.1, -0.05) is 12.1 Å². The number of hydrogen-bond acceptors (Lipinski definition) is 4. The highest BCUT2D eigenvalue weighted by Gasteiger charge is 2.18. The number of pyridine rings is 1. The van der Waals surface area contributed by atoms with Crippen LogP contribution in [0.4, 0.5) is 5.69 Å². The molecule has 0 aliphatic carbocycles. The van der Waals surface area contributed by atoms with Crippen LogP contribution in [-0.2, 0) is 11.3 Å². The Labute approximate surface area is 146 Å². The number of anilines is 1. The molecular weight excluding hydrogens is 318 g/mol. The van der Waals surface area contributed by atoms with Crippen molar-refractivity contribution in [2.45, 2.75) is 25.8 Å². The van der Waals surface area contributed by atoms with Gasteiger partial charge in [-0.3, -0.25) is 9.59 Å². The Morgan fingerprint density at radius 3 is 2.96 bits per heavy atom.